The van der Waals surface area contributed by atoms with Crippen LogP contribution >= 0.6 is 15.9 Å². The quantitative estimate of drug-likeness (QED) is 0.557. The van der Waals surface area contributed by atoms with Gasteiger partial charge < -0.3 is 14.8 Å². The smallest absolute Gasteiger partial charge is 0.258 e. The number of benzene rings is 2. The van der Waals surface area contributed by atoms with Crippen molar-refractivity contribution in [2.24, 2.45) is 4.99 Å². The van der Waals surface area contributed by atoms with Crippen LogP contribution in [-0.2, 0) is 4.74 Å². The number of hydrogen-bond acceptors (Lipinski definition) is 4. The zero-order chi connectivity index (χ0) is 19.1. The maximum absolute atomic E-state index is 12.6. The second-order valence-electron chi connectivity index (χ2n) is 6.15. The van der Waals surface area contributed by atoms with Crippen molar-refractivity contribution in [2.45, 2.75) is 18.9 Å². The fraction of sp³-hybridized carbons (Fsp3) is 0.300. The van der Waals surface area contributed by atoms with Crippen LogP contribution < -0.4 is 15.4 Å². The van der Waals surface area contributed by atoms with Crippen LogP contribution in [0.5, 0.6) is 5.75 Å². The zero-order valence-electron chi connectivity index (χ0n) is 15.1. The van der Waals surface area contributed by atoms with Gasteiger partial charge in [-0.1, -0.05) is 28.1 Å². The van der Waals surface area contributed by atoms with Crippen LogP contribution in [0.4, 0.5) is 5.69 Å². The van der Waals surface area contributed by atoms with Gasteiger partial charge in [-0.2, -0.15) is 0 Å². The van der Waals surface area contributed by atoms with E-state index in [0.29, 0.717) is 23.8 Å². The number of ether oxygens (including phenoxy) is 2. The van der Waals surface area contributed by atoms with E-state index < -0.39 is 0 Å². The average molecular weight is 432 g/mol. The van der Waals surface area contributed by atoms with Crippen molar-refractivity contribution in [1.82, 2.24) is 5.32 Å². The van der Waals surface area contributed by atoms with Crippen LogP contribution in [0.1, 0.15) is 23.2 Å². The largest absolute Gasteiger partial charge is 0.497 e. The molecule has 1 fully saturated rings. The molecule has 3 rings (SSSR count). The molecule has 1 aliphatic heterocycles. The summed E-state index contributed by atoms with van der Waals surface area (Å²) in [5.74, 6) is 0.749. The topological polar surface area (TPSA) is 72.0 Å². The molecular weight excluding hydrogens is 410 g/mol. The summed E-state index contributed by atoms with van der Waals surface area (Å²) in [6.45, 7) is 1.26. The minimum absolute atomic E-state index is 0.0954. The highest BCUT2D eigenvalue weighted by Gasteiger charge is 2.16. The molecule has 0 bridgehead atoms. The number of guanidine groups is 1. The van der Waals surface area contributed by atoms with Crippen LogP contribution in [0.25, 0.3) is 0 Å². The number of methoxy groups -OCH3 is 1. The molecule has 1 atom stereocenters. The zero-order valence-corrected chi connectivity index (χ0v) is 16.7. The number of carbonyl (C=O) groups excluding carboxylic acids is 1. The standard InChI is InChI=1S/C20H22BrN3O3/c1-26-17-8-2-5-14(11-17)19(25)24-20(22-13-18-9-4-10-27-18)23-16-7-3-6-15(21)12-16/h2-3,5-8,11-12,18H,4,9-10,13H2,1H3,(H2,22,23,24,25)/t18-/m1/s1. The number of nitrogens with one attached hydrogen (secondary N) is 2. The fourth-order valence-corrected chi connectivity index (χ4v) is 3.14. The van der Waals surface area contributed by atoms with Crippen LogP contribution in [0, 0.1) is 0 Å². The summed E-state index contributed by atoms with van der Waals surface area (Å²) < 4.78 is 11.7. The molecule has 6 nitrogen and oxygen atoms in total. The molecule has 142 valence electrons. The van der Waals surface area contributed by atoms with E-state index in [1.54, 1.807) is 31.4 Å². The molecule has 0 radical (unpaired) electrons. The van der Waals surface area contributed by atoms with Crippen molar-refractivity contribution in [3.8, 4) is 5.75 Å². The Hall–Kier alpha value is -2.38. The van der Waals surface area contributed by atoms with Crippen LogP contribution in [0.3, 0.4) is 0 Å². The highest BCUT2D eigenvalue weighted by Crippen LogP contribution is 2.17. The third-order valence-corrected chi connectivity index (χ3v) is 4.62. The van der Waals surface area contributed by atoms with Crippen molar-refractivity contribution < 1.29 is 14.3 Å². The molecule has 2 aromatic rings. The van der Waals surface area contributed by atoms with Gasteiger partial charge in [0.25, 0.3) is 5.91 Å². The Labute approximate surface area is 167 Å². The van der Waals surface area contributed by atoms with Gasteiger partial charge in [0.15, 0.2) is 0 Å². The van der Waals surface area contributed by atoms with Gasteiger partial charge in [0.05, 0.1) is 19.8 Å². The minimum Gasteiger partial charge on any atom is -0.497 e. The van der Waals surface area contributed by atoms with Gasteiger partial charge in [-0.3, -0.25) is 10.1 Å². The SMILES string of the molecule is COc1cccc(C(=O)NC(=NC[C@H]2CCCO2)Nc2cccc(Br)c2)c1. The lowest BCUT2D eigenvalue weighted by Gasteiger charge is -2.14. The summed E-state index contributed by atoms with van der Waals surface area (Å²) in [4.78, 5) is 17.2. The molecule has 2 aromatic carbocycles. The first-order valence-corrected chi connectivity index (χ1v) is 9.57. The van der Waals surface area contributed by atoms with E-state index in [0.717, 1.165) is 29.6 Å². The highest BCUT2D eigenvalue weighted by atomic mass is 79.9. The van der Waals surface area contributed by atoms with E-state index in [9.17, 15) is 4.79 Å². The van der Waals surface area contributed by atoms with Crippen LogP contribution in [0.15, 0.2) is 58.0 Å². The molecular formula is C20H22BrN3O3. The molecule has 1 saturated heterocycles. The highest BCUT2D eigenvalue weighted by molar-refractivity contribution is 9.10. The Kier molecular flexibility index (Phi) is 6.84. The Morgan fingerprint density at radius 1 is 1.30 bits per heavy atom. The lowest BCUT2D eigenvalue weighted by atomic mass is 10.2. The summed E-state index contributed by atoms with van der Waals surface area (Å²) in [7, 11) is 1.57. The predicted molar refractivity (Wildman–Crippen MR) is 110 cm³/mol. The van der Waals surface area contributed by atoms with Crippen LogP contribution in [-0.4, -0.2) is 38.2 Å². The first kappa shape index (κ1) is 19.4. The maximum Gasteiger partial charge on any atom is 0.258 e. The number of hydrogen-bond donors (Lipinski definition) is 2. The van der Waals surface area contributed by atoms with E-state index in [4.69, 9.17) is 9.47 Å². The first-order chi connectivity index (χ1) is 13.1. The summed E-state index contributed by atoms with van der Waals surface area (Å²) in [5.41, 5.74) is 1.32. The monoisotopic (exact) mass is 431 g/mol. The Balaban J connectivity index is 1.75. The van der Waals surface area contributed by atoms with Crippen molar-refractivity contribution in [3.63, 3.8) is 0 Å². The summed E-state index contributed by atoms with van der Waals surface area (Å²) in [5, 5.41) is 6.02. The van der Waals surface area contributed by atoms with Gasteiger partial charge in [-0.25, -0.2) is 4.99 Å². The number of halogens is 1. The summed E-state index contributed by atoms with van der Waals surface area (Å²) in [6.07, 6.45) is 2.13. The molecule has 1 aliphatic rings. The lowest BCUT2D eigenvalue weighted by molar-refractivity contribution is 0.0975. The van der Waals surface area contributed by atoms with Crippen LogP contribution in [0.2, 0.25) is 0 Å². The van der Waals surface area contributed by atoms with Gasteiger partial charge in [0.1, 0.15) is 5.75 Å². The van der Waals surface area contributed by atoms with Gasteiger partial charge in [-0.05, 0) is 49.2 Å². The lowest BCUT2D eigenvalue weighted by Crippen LogP contribution is -2.36. The second kappa shape index (κ2) is 9.53. The van der Waals surface area contributed by atoms with E-state index in [2.05, 4.69) is 31.6 Å². The maximum atomic E-state index is 12.6. The van der Waals surface area contributed by atoms with Gasteiger partial charge in [-0.15, -0.1) is 0 Å². The van der Waals surface area contributed by atoms with Gasteiger partial charge >= 0.3 is 0 Å². The number of amides is 1. The minimum atomic E-state index is -0.262. The predicted octanol–water partition coefficient (Wildman–Crippen LogP) is 3.83. The molecule has 0 unspecified atom stereocenters. The molecule has 7 heteroatoms. The average Bonchev–Trinajstić information content (AvgIpc) is 3.20. The second-order valence-corrected chi connectivity index (χ2v) is 7.06. The van der Waals surface area contributed by atoms with Crippen molar-refractivity contribution >= 4 is 33.5 Å². The van der Waals surface area contributed by atoms with E-state index in [-0.39, 0.29) is 12.0 Å². The first-order valence-electron chi connectivity index (χ1n) is 8.78. The third kappa shape index (κ3) is 5.80. The Bertz CT molecular complexity index is 820. The van der Waals surface area contributed by atoms with Crippen molar-refractivity contribution in [1.29, 1.82) is 0 Å². The normalized spacial score (nSPS) is 16.8. The molecule has 2 N–H and O–H groups in total. The fourth-order valence-electron chi connectivity index (χ4n) is 2.74. The molecule has 27 heavy (non-hydrogen) atoms. The Morgan fingerprint density at radius 3 is 2.89 bits per heavy atom. The molecule has 0 spiro atoms. The number of anilines is 1. The van der Waals surface area contributed by atoms with E-state index >= 15 is 0 Å². The van der Waals surface area contributed by atoms with E-state index in [1.165, 1.54) is 0 Å². The summed E-state index contributed by atoms with van der Waals surface area (Å²) in [6, 6.07) is 14.7. The molecule has 1 heterocycles. The van der Waals surface area contributed by atoms with Gasteiger partial charge in [0.2, 0.25) is 5.96 Å². The molecule has 0 aromatic heterocycles. The Morgan fingerprint density at radius 2 is 2.15 bits per heavy atom. The third-order valence-electron chi connectivity index (χ3n) is 4.13. The molecule has 0 saturated carbocycles. The van der Waals surface area contributed by atoms with E-state index in [1.807, 2.05) is 24.3 Å². The number of nitrogens with zero attached hydrogens (tertiary/aromatic N) is 1. The molecule has 0 aliphatic carbocycles. The number of rotatable bonds is 5. The summed E-state index contributed by atoms with van der Waals surface area (Å²) >= 11 is 3.45. The van der Waals surface area contributed by atoms with Crippen molar-refractivity contribution in [3.05, 3.63) is 58.6 Å². The number of carbonyl (C=O) groups is 1. The molecule has 1 amide bonds. The number of aliphatic imine (C=N–C) groups is 1. The van der Waals surface area contributed by atoms with Gasteiger partial charge in [0, 0.05) is 22.3 Å². The van der Waals surface area contributed by atoms with Crippen molar-refractivity contribution in [2.75, 3.05) is 25.6 Å².